The number of phenolic OH excluding ortho intramolecular Hbond substituents is 1. The average molecular weight is 375 g/mol. The molecule has 0 spiro atoms. The number of esters is 1. The van der Waals surface area contributed by atoms with Crippen molar-refractivity contribution in [3.63, 3.8) is 0 Å². The third-order valence-corrected chi connectivity index (χ3v) is 4.91. The summed E-state index contributed by atoms with van der Waals surface area (Å²) in [5, 5.41) is 15.2. The van der Waals surface area contributed by atoms with Crippen molar-refractivity contribution in [3.8, 4) is 5.75 Å². The number of nitrogens with zero attached hydrogens (tertiary/aromatic N) is 1. The molecule has 2 fully saturated rings. The number of carbonyl (C=O) groups is 3. The van der Waals surface area contributed by atoms with Crippen LogP contribution >= 0.6 is 0 Å². The summed E-state index contributed by atoms with van der Waals surface area (Å²) in [6.07, 6.45) is 2.90. The minimum atomic E-state index is -0.976. The highest BCUT2D eigenvalue weighted by molar-refractivity contribution is 5.92. The number of benzene rings is 1. The normalized spacial score (nSPS) is 20.3. The first-order valence-corrected chi connectivity index (χ1v) is 9.35. The number of phenols is 1. The fraction of sp³-hybridized carbons (Fsp3) is 0.526. The van der Waals surface area contributed by atoms with Crippen LogP contribution in [0.25, 0.3) is 0 Å². The fourth-order valence-electron chi connectivity index (χ4n) is 3.36. The van der Waals surface area contributed by atoms with Crippen LogP contribution in [-0.4, -0.2) is 59.7 Å². The zero-order valence-electron chi connectivity index (χ0n) is 15.1. The molecule has 1 aromatic rings. The first kappa shape index (κ1) is 19.2. The standard InChI is InChI=1S/C19H25N3O5/c23-14-7-5-13(6-8-14)12-16(21-17(24)15-4-3-9-20-15)18(25)27-19(26)22-10-1-2-11-22/h5-8,15-16,20,23H,1-4,9-12H2,(H,21,24)/t15-,16-/m0/s1. The minimum absolute atomic E-state index is 0.112. The number of aromatic hydroxyl groups is 1. The van der Waals surface area contributed by atoms with Gasteiger partial charge in [0.15, 0.2) is 0 Å². The molecule has 0 radical (unpaired) electrons. The molecule has 1 aromatic carbocycles. The Labute approximate surface area is 157 Å². The van der Waals surface area contributed by atoms with Crippen LogP contribution in [-0.2, 0) is 20.7 Å². The smallest absolute Gasteiger partial charge is 0.417 e. The lowest BCUT2D eigenvalue weighted by Crippen LogP contribution is -2.50. The van der Waals surface area contributed by atoms with Gasteiger partial charge < -0.3 is 25.4 Å². The van der Waals surface area contributed by atoms with Gasteiger partial charge in [0.2, 0.25) is 5.91 Å². The molecule has 2 aliphatic heterocycles. The lowest BCUT2D eigenvalue weighted by Gasteiger charge is -2.21. The number of ether oxygens (including phenoxy) is 1. The molecule has 2 saturated heterocycles. The maximum Gasteiger partial charge on any atom is 0.417 e. The lowest BCUT2D eigenvalue weighted by atomic mass is 10.0. The van der Waals surface area contributed by atoms with E-state index in [1.807, 2.05) is 0 Å². The summed E-state index contributed by atoms with van der Waals surface area (Å²) in [5.41, 5.74) is 0.739. The Balaban J connectivity index is 1.66. The van der Waals surface area contributed by atoms with Gasteiger partial charge in [0.25, 0.3) is 0 Å². The van der Waals surface area contributed by atoms with Crippen molar-refractivity contribution in [2.45, 2.75) is 44.2 Å². The molecule has 3 rings (SSSR count). The largest absolute Gasteiger partial charge is 0.508 e. The molecule has 0 unspecified atom stereocenters. The summed E-state index contributed by atoms with van der Waals surface area (Å²) in [7, 11) is 0. The van der Waals surface area contributed by atoms with Gasteiger partial charge in [-0.25, -0.2) is 9.59 Å². The molecule has 2 heterocycles. The Morgan fingerprint density at radius 1 is 1.19 bits per heavy atom. The molecule has 3 N–H and O–H groups in total. The molecule has 0 saturated carbocycles. The number of hydrogen-bond acceptors (Lipinski definition) is 6. The number of hydrogen-bond donors (Lipinski definition) is 3. The van der Waals surface area contributed by atoms with E-state index in [1.54, 1.807) is 12.1 Å². The number of amides is 2. The number of carbonyl (C=O) groups excluding carboxylic acids is 3. The van der Waals surface area contributed by atoms with E-state index in [9.17, 15) is 19.5 Å². The van der Waals surface area contributed by atoms with E-state index in [2.05, 4.69) is 10.6 Å². The molecule has 0 aromatic heterocycles. The monoisotopic (exact) mass is 375 g/mol. The number of nitrogens with one attached hydrogen (secondary N) is 2. The lowest BCUT2D eigenvalue weighted by molar-refractivity contribution is -0.143. The van der Waals surface area contributed by atoms with E-state index in [0.29, 0.717) is 19.5 Å². The second kappa shape index (κ2) is 8.85. The quantitative estimate of drug-likeness (QED) is 0.522. The number of likely N-dealkylation sites (tertiary alicyclic amines) is 1. The van der Waals surface area contributed by atoms with Gasteiger partial charge >= 0.3 is 12.1 Å². The fourth-order valence-corrected chi connectivity index (χ4v) is 3.36. The van der Waals surface area contributed by atoms with Gasteiger partial charge in [-0.1, -0.05) is 12.1 Å². The summed E-state index contributed by atoms with van der Waals surface area (Å²) in [4.78, 5) is 38.6. The van der Waals surface area contributed by atoms with Gasteiger partial charge in [0.05, 0.1) is 6.04 Å². The molecular weight excluding hydrogens is 350 g/mol. The van der Waals surface area contributed by atoms with E-state index in [-0.39, 0.29) is 24.1 Å². The van der Waals surface area contributed by atoms with Crippen molar-refractivity contribution >= 4 is 18.0 Å². The zero-order valence-corrected chi connectivity index (χ0v) is 15.1. The SMILES string of the molecule is O=C(N[C@@H](Cc1ccc(O)cc1)C(=O)OC(=O)N1CCCC1)[C@@H]1CCCN1. The molecule has 0 aliphatic carbocycles. The van der Waals surface area contributed by atoms with Gasteiger partial charge in [-0.3, -0.25) is 4.79 Å². The zero-order chi connectivity index (χ0) is 19.2. The van der Waals surface area contributed by atoms with Crippen molar-refractivity contribution in [1.29, 1.82) is 0 Å². The molecule has 8 heteroatoms. The summed E-state index contributed by atoms with van der Waals surface area (Å²) in [6, 6.07) is 5.03. The first-order chi connectivity index (χ1) is 13.0. The van der Waals surface area contributed by atoms with Crippen molar-refractivity contribution in [2.75, 3.05) is 19.6 Å². The van der Waals surface area contributed by atoms with Crippen molar-refractivity contribution in [2.24, 2.45) is 0 Å². The van der Waals surface area contributed by atoms with Gasteiger partial charge in [-0.15, -0.1) is 0 Å². The van der Waals surface area contributed by atoms with E-state index in [0.717, 1.165) is 31.4 Å². The maximum atomic E-state index is 12.6. The third kappa shape index (κ3) is 5.19. The van der Waals surface area contributed by atoms with E-state index in [1.165, 1.54) is 17.0 Å². The van der Waals surface area contributed by atoms with Gasteiger partial charge in [0, 0.05) is 19.5 Å². The minimum Gasteiger partial charge on any atom is -0.508 e. The summed E-state index contributed by atoms with van der Waals surface area (Å²) in [6.45, 7) is 1.92. The van der Waals surface area contributed by atoms with Crippen LogP contribution < -0.4 is 10.6 Å². The van der Waals surface area contributed by atoms with E-state index >= 15 is 0 Å². The van der Waals surface area contributed by atoms with Crippen LogP contribution in [0.4, 0.5) is 4.79 Å². The Morgan fingerprint density at radius 3 is 2.52 bits per heavy atom. The van der Waals surface area contributed by atoms with Gasteiger partial charge in [-0.2, -0.15) is 0 Å². The Kier molecular flexibility index (Phi) is 6.28. The topological polar surface area (TPSA) is 108 Å². The van der Waals surface area contributed by atoms with Crippen molar-refractivity contribution in [1.82, 2.24) is 15.5 Å². The third-order valence-electron chi connectivity index (χ3n) is 4.91. The highest BCUT2D eigenvalue weighted by Gasteiger charge is 2.31. The van der Waals surface area contributed by atoms with Crippen LogP contribution in [0.2, 0.25) is 0 Å². The predicted octanol–water partition coefficient (Wildman–Crippen LogP) is 0.930. The van der Waals surface area contributed by atoms with Crippen LogP contribution in [0.1, 0.15) is 31.2 Å². The molecule has 2 atom stereocenters. The summed E-state index contributed by atoms with van der Waals surface area (Å²) in [5.74, 6) is -0.936. The summed E-state index contributed by atoms with van der Waals surface area (Å²) < 4.78 is 5.02. The molecule has 0 bridgehead atoms. The second-order valence-corrected chi connectivity index (χ2v) is 6.96. The average Bonchev–Trinajstić information content (AvgIpc) is 3.36. The van der Waals surface area contributed by atoms with Crippen LogP contribution in [0.15, 0.2) is 24.3 Å². The van der Waals surface area contributed by atoms with E-state index in [4.69, 9.17) is 4.74 Å². The molecule has 2 amide bonds. The van der Waals surface area contributed by atoms with Crippen molar-refractivity contribution < 1.29 is 24.2 Å². The van der Waals surface area contributed by atoms with Crippen LogP contribution in [0, 0.1) is 0 Å². The van der Waals surface area contributed by atoms with E-state index < -0.39 is 18.1 Å². The Hall–Kier alpha value is -2.61. The second-order valence-electron chi connectivity index (χ2n) is 6.96. The highest BCUT2D eigenvalue weighted by atomic mass is 16.6. The van der Waals surface area contributed by atoms with Crippen LogP contribution in [0.3, 0.4) is 0 Å². The maximum absolute atomic E-state index is 12.6. The molecule has 2 aliphatic rings. The Bertz CT molecular complexity index is 679. The number of rotatable bonds is 5. The highest BCUT2D eigenvalue weighted by Crippen LogP contribution is 2.14. The van der Waals surface area contributed by atoms with Crippen LogP contribution in [0.5, 0.6) is 5.75 Å². The molecular formula is C19H25N3O5. The van der Waals surface area contributed by atoms with Crippen molar-refractivity contribution in [3.05, 3.63) is 29.8 Å². The molecule has 27 heavy (non-hydrogen) atoms. The molecule has 8 nitrogen and oxygen atoms in total. The molecule has 146 valence electrons. The summed E-state index contributed by atoms with van der Waals surface area (Å²) >= 11 is 0. The van der Waals surface area contributed by atoms with Gasteiger partial charge in [-0.05, 0) is 49.9 Å². The van der Waals surface area contributed by atoms with Gasteiger partial charge in [0.1, 0.15) is 11.8 Å². The Morgan fingerprint density at radius 2 is 1.89 bits per heavy atom. The predicted molar refractivity (Wildman–Crippen MR) is 97.1 cm³/mol. The first-order valence-electron chi connectivity index (χ1n) is 9.35.